The summed E-state index contributed by atoms with van der Waals surface area (Å²) in [5.41, 5.74) is 6.61. The van der Waals surface area contributed by atoms with Crippen molar-refractivity contribution in [2.24, 2.45) is 11.7 Å². The Bertz CT molecular complexity index is 351. The molecule has 14 heavy (non-hydrogen) atoms. The summed E-state index contributed by atoms with van der Waals surface area (Å²) < 4.78 is 25.6. The molecule has 1 fully saturated rings. The van der Waals surface area contributed by atoms with E-state index in [9.17, 15) is 8.78 Å². The second-order valence-electron chi connectivity index (χ2n) is 4.04. The van der Waals surface area contributed by atoms with E-state index in [-0.39, 0.29) is 6.04 Å². The van der Waals surface area contributed by atoms with Gasteiger partial charge in [0.1, 0.15) is 0 Å². The lowest BCUT2D eigenvalue weighted by Gasteiger charge is -2.40. The SMILES string of the molecule is CC1C(N)CC1c1ccc(F)c(F)c1. The largest absolute Gasteiger partial charge is 0.327 e. The third kappa shape index (κ3) is 1.42. The van der Waals surface area contributed by atoms with E-state index in [4.69, 9.17) is 5.73 Å². The van der Waals surface area contributed by atoms with Gasteiger partial charge in [-0.25, -0.2) is 8.78 Å². The Labute approximate surface area is 81.9 Å². The quantitative estimate of drug-likeness (QED) is 0.735. The van der Waals surface area contributed by atoms with Crippen molar-refractivity contribution >= 4 is 0 Å². The van der Waals surface area contributed by atoms with Gasteiger partial charge in [0.2, 0.25) is 0 Å². The molecule has 1 aromatic rings. The lowest BCUT2D eigenvalue weighted by Crippen LogP contribution is -2.44. The van der Waals surface area contributed by atoms with E-state index < -0.39 is 11.6 Å². The number of benzene rings is 1. The lowest BCUT2D eigenvalue weighted by atomic mass is 9.67. The molecule has 0 aromatic heterocycles. The van der Waals surface area contributed by atoms with Crippen molar-refractivity contribution in [2.75, 3.05) is 0 Å². The predicted octanol–water partition coefficient (Wildman–Crippen LogP) is 2.42. The zero-order valence-electron chi connectivity index (χ0n) is 8.00. The Hall–Kier alpha value is -0.960. The maximum Gasteiger partial charge on any atom is 0.159 e. The maximum atomic E-state index is 12.9. The number of rotatable bonds is 1. The van der Waals surface area contributed by atoms with Crippen molar-refractivity contribution in [1.29, 1.82) is 0 Å². The Morgan fingerprint density at radius 3 is 2.50 bits per heavy atom. The summed E-state index contributed by atoms with van der Waals surface area (Å²) in [4.78, 5) is 0. The van der Waals surface area contributed by atoms with Crippen LogP contribution in [0.15, 0.2) is 18.2 Å². The first-order valence-electron chi connectivity index (χ1n) is 4.80. The molecule has 0 spiro atoms. The van der Waals surface area contributed by atoms with Crippen LogP contribution in [-0.4, -0.2) is 6.04 Å². The first-order valence-corrected chi connectivity index (χ1v) is 4.80. The molecule has 0 heterocycles. The molecule has 1 aliphatic carbocycles. The van der Waals surface area contributed by atoms with Gasteiger partial charge in [-0.15, -0.1) is 0 Å². The second-order valence-corrected chi connectivity index (χ2v) is 4.04. The van der Waals surface area contributed by atoms with Crippen LogP contribution in [0.4, 0.5) is 8.78 Å². The molecule has 76 valence electrons. The minimum atomic E-state index is -0.787. The van der Waals surface area contributed by atoms with Crippen molar-refractivity contribution in [3.63, 3.8) is 0 Å². The predicted molar refractivity (Wildman–Crippen MR) is 50.9 cm³/mol. The Kier molecular flexibility index (Phi) is 2.27. The first kappa shape index (κ1) is 9.59. The molecular formula is C11H13F2N. The molecule has 0 amide bonds. The van der Waals surface area contributed by atoms with Gasteiger partial charge in [-0.1, -0.05) is 13.0 Å². The van der Waals surface area contributed by atoms with Gasteiger partial charge in [0, 0.05) is 6.04 Å². The van der Waals surface area contributed by atoms with E-state index in [1.54, 1.807) is 6.07 Å². The molecule has 2 N–H and O–H groups in total. The molecule has 3 atom stereocenters. The fraction of sp³-hybridized carbons (Fsp3) is 0.455. The molecule has 1 aliphatic rings. The number of nitrogens with two attached hydrogens (primary N) is 1. The molecular weight excluding hydrogens is 184 g/mol. The molecule has 0 bridgehead atoms. The van der Waals surface area contributed by atoms with Gasteiger partial charge in [0.25, 0.3) is 0 Å². The molecule has 1 saturated carbocycles. The number of halogens is 2. The van der Waals surface area contributed by atoms with Crippen molar-refractivity contribution in [3.8, 4) is 0 Å². The Morgan fingerprint density at radius 1 is 1.29 bits per heavy atom. The summed E-state index contributed by atoms with van der Waals surface area (Å²) >= 11 is 0. The van der Waals surface area contributed by atoms with Gasteiger partial charge in [0.15, 0.2) is 11.6 Å². The van der Waals surface area contributed by atoms with E-state index >= 15 is 0 Å². The van der Waals surface area contributed by atoms with E-state index in [0.29, 0.717) is 11.8 Å². The van der Waals surface area contributed by atoms with Crippen molar-refractivity contribution in [2.45, 2.75) is 25.3 Å². The van der Waals surface area contributed by atoms with Gasteiger partial charge in [-0.2, -0.15) is 0 Å². The van der Waals surface area contributed by atoms with Crippen LogP contribution in [0.3, 0.4) is 0 Å². The smallest absolute Gasteiger partial charge is 0.159 e. The van der Waals surface area contributed by atoms with E-state index in [1.165, 1.54) is 12.1 Å². The third-order valence-electron chi connectivity index (χ3n) is 3.21. The van der Waals surface area contributed by atoms with Crippen LogP contribution < -0.4 is 5.73 Å². The van der Waals surface area contributed by atoms with Crippen LogP contribution >= 0.6 is 0 Å². The highest BCUT2D eigenvalue weighted by Gasteiger charge is 2.36. The normalized spacial score (nSPS) is 31.3. The fourth-order valence-electron chi connectivity index (χ4n) is 2.01. The zero-order valence-corrected chi connectivity index (χ0v) is 8.00. The van der Waals surface area contributed by atoms with Crippen molar-refractivity contribution in [1.82, 2.24) is 0 Å². The van der Waals surface area contributed by atoms with Crippen LogP contribution in [-0.2, 0) is 0 Å². The molecule has 3 heteroatoms. The maximum absolute atomic E-state index is 12.9. The highest BCUT2D eigenvalue weighted by Crippen LogP contribution is 2.41. The van der Waals surface area contributed by atoms with Crippen molar-refractivity contribution in [3.05, 3.63) is 35.4 Å². The van der Waals surface area contributed by atoms with Crippen LogP contribution in [0.1, 0.15) is 24.8 Å². The van der Waals surface area contributed by atoms with Gasteiger partial charge < -0.3 is 5.73 Å². The highest BCUT2D eigenvalue weighted by molar-refractivity contribution is 5.25. The summed E-state index contributed by atoms with van der Waals surface area (Å²) in [6, 6.07) is 4.31. The molecule has 1 aromatic carbocycles. The number of hydrogen-bond donors (Lipinski definition) is 1. The molecule has 3 unspecified atom stereocenters. The summed E-state index contributed by atoms with van der Waals surface area (Å²) in [6.07, 6.45) is 0.867. The molecule has 0 aliphatic heterocycles. The average molecular weight is 197 g/mol. The minimum Gasteiger partial charge on any atom is -0.327 e. The minimum absolute atomic E-state index is 0.202. The standard InChI is InChI=1S/C11H13F2N/c1-6-8(5-11(6)14)7-2-3-9(12)10(13)4-7/h2-4,6,8,11H,5,14H2,1H3. The summed E-state index contributed by atoms with van der Waals surface area (Å²) in [5.74, 6) is -0.903. The van der Waals surface area contributed by atoms with E-state index in [1.807, 2.05) is 6.92 Å². The van der Waals surface area contributed by atoms with Crippen molar-refractivity contribution < 1.29 is 8.78 Å². The lowest BCUT2D eigenvalue weighted by molar-refractivity contribution is 0.226. The number of hydrogen-bond acceptors (Lipinski definition) is 1. The fourth-order valence-corrected chi connectivity index (χ4v) is 2.01. The van der Waals surface area contributed by atoms with Crippen LogP contribution in [0, 0.1) is 17.6 Å². The van der Waals surface area contributed by atoms with E-state index in [2.05, 4.69) is 0 Å². The summed E-state index contributed by atoms with van der Waals surface area (Å²) in [5, 5.41) is 0. The second kappa shape index (κ2) is 3.31. The molecule has 0 saturated heterocycles. The molecule has 1 nitrogen and oxygen atoms in total. The molecule has 2 rings (SSSR count). The first-order chi connectivity index (χ1) is 6.59. The van der Waals surface area contributed by atoms with Crippen LogP contribution in [0.2, 0.25) is 0 Å². The van der Waals surface area contributed by atoms with Gasteiger partial charge in [-0.3, -0.25) is 0 Å². The molecule has 0 radical (unpaired) electrons. The van der Waals surface area contributed by atoms with Gasteiger partial charge >= 0.3 is 0 Å². The Balaban J connectivity index is 2.22. The third-order valence-corrected chi connectivity index (χ3v) is 3.21. The van der Waals surface area contributed by atoms with Crippen LogP contribution in [0.5, 0.6) is 0 Å². The highest BCUT2D eigenvalue weighted by atomic mass is 19.2. The summed E-state index contributed by atoms with van der Waals surface area (Å²) in [6.45, 7) is 2.04. The summed E-state index contributed by atoms with van der Waals surface area (Å²) in [7, 11) is 0. The Morgan fingerprint density at radius 2 is 2.00 bits per heavy atom. The van der Waals surface area contributed by atoms with Gasteiger partial charge in [-0.05, 0) is 36.0 Å². The van der Waals surface area contributed by atoms with Gasteiger partial charge in [0.05, 0.1) is 0 Å². The average Bonchev–Trinajstić information content (AvgIpc) is 2.18. The zero-order chi connectivity index (χ0) is 10.3. The topological polar surface area (TPSA) is 26.0 Å². The van der Waals surface area contributed by atoms with E-state index in [0.717, 1.165) is 12.0 Å². The van der Waals surface area contributed by atoms with Crippen LogP contribution in [0.25, 0.3) is 0 Å². The monoisotopic (exact) mass is 197 g/mol.